The summed E-state index contributed by atoms with van der Waals surface area (Å²) in [6.45, 7) is 4.30. The Labute approximate surface area is 118 Å². The number of hydrogen-bond donors (Lipinski definition) is 1. The quantitative estimate of drug-likeness (QED) is 0.871. The molecule has 2 atom stereocenters. The molecular formula is C17H19F2N. The third kappa shape index (κ3) is 3.05. The number of hydrogen-bond acceptors (Lipinski definition) is 1. The van der Waals surface area contributed by atoms with Crippen LogP contribution >= 0.6 is 0 Å². The van der Waals surface area contributed by atoms with Crippen molar-refractivity contribution in [1.82, 2.24) is 0 Å². The number of nitrogens with two attached hydrogens (primary N) is 1. The molecular weight excluding hydrogens is 256 g/mol. The lowest BCUT2D eigenvalue weighted by Gasteiger charge is -2.15. The molecule has 0 amide bonds. The zero-order valence-corrected chi connectivity index (χ0v) is 11.7. The van der Waals surface area contributed by atoms with Crippen molar-refractivity contribution >= 4 is 0 Å². The van der Waals surface area contributed by atoms with E-state index in [1.807, 2.05) is 24.3 Å². The van der Waals surface area contributed by atoms with E-state index in [1.165, 1.54) is 17.7 Å². The second-order valence-electron chi connectivity index (χ2n) is 5.12. The van der Waals surface area contributed by atoms with Gasteiger partial charge in [-0.2, -0.15) is 0 Å². The minimum Gasteiger partial charge on any atom is -0.320 e. The smallest absolute Gasteiger partial charge is 0.131 e. The van der Waals surface area contributed by atoms with Gasteiger partial charge in [-0.3, -0.25) is 0 Å². The van der Waals surface area contributed by atoms with E-state index in [0.717, 1.165) is 18.1 Å². The molecule has 2 N–H and O–H groups in total. The van der Waals surface area contributed by atoms with Crippen LogP contribution in [0.3, 0.4) is 0 Å². The molecule has 0 aliphatic heterocycles. The van der Waals surface area contributed by atoms with Crippen molar-refractivity contribution in [3.63, 3.8) is 0 Å². The molecule has 0 saturated carbocycles. The van der Waals surface area contributed by atoms with Gasteiger partial charge in [-0.1, -0.05) is 44.2 Å². The van der Waals surface area contributed by atoms with Gasteiger partial charge in [0.05, 0.1) is 6.04 Å². The first kappa shape index (κ1) is 14.7. The van der Waals surface area contributed by atoms with Gasteiger partial charge < -0.3 is 5.73 Å². The summed E-state index contributed by atoms with van der Waals surface area (Å²) in [7, 11) is 0. The molecule has 0 bridgehead atoms. The molecule has 3 heteroatoms. The molecule has 2 rings (SSSR count). The van der Waals surface area contributed by atoms with Crippen LogP contribution in [-0.4, -0.2) is 0 Å². The lowest BCUT2D eigenvalue weighted by Crippen LogP contribution is -2.14. The summed E-state index contributed by atoms with van der Waals surface area (Å²) in [6.07, 6.45) is 1.07. The van der Waals surface area contributed by atoms with Crippen molar-refractivity contribution in [2.45, 2.75) is 32.2 Å². The zero-order valence-electron chi connectivity index (χ0n) is 11.7. The first-order chi connectivity index (χ1) is 9.52. The van der Waals surface area contributed by atoms with Crippen molar-refractivity contribution in [2.75, 3.05) is 0 Å². The van der Waals surface area contributed by atoms with Gasteiger partial charge >= 0.3 is 0 Å². The number of benzene rings is 2. The molecule has 0 fully saturated rings. The van der Waals surface area contributed by atoms with Gasteiger partial charge in [-0.25, -0.2) is 8.78 Å². The molecule has 2 aromatic rings. The summed E-state index contributed by atoms with van der Waals surface area (Å²) in [6, 6.07) is 10.8. The van der Waals surface area contributed by atoms with E-state index in [0.29, 0.717) is 11.5 Å². The molecule has 0 aromatic heterocycles. The third-order valence-corrected chi connectivity index (χ3v) is 3.77. The molecule has 2 unspecified atom stereocenters. The highest BCUT2D eigenvalue weighted by atomic mass is 19.1. The predicted octanol–water partition coefficient (Wildman–Crippen LogP) is 4.53. The predicted molar refractivity (Wildman–Crippen MR) is 77.5 cm³/mol. The van der Waals surface area contributed by atoms with Crippen LogP contribution in [0.25, 0.3) is 0 Å². The average molecular weight is 275 g/mol. The second-order valence-corrected chi connectivity index (χ2v) is 5.12. The molecule has 106 valence electrons. The van der Waals surface area contributed by atoms with Crippen molar-refractivity contribution in [3.05, 3.63) is 70.8 Å². The standard InChI is InChI=1S/C17H19F2N/c1-3-11(2)12-4-6-13(7-5-12)17(20)15-9-8-14(18)10-16(15)19/h4-11,17H,3,20H2,1-2H3. The minimum absolute atomic E-state index is 0.308. The van der Waals surface area contributed by atoms with Crippen molar-refractivity contribution < 1.29 is 8.78 Å². The molecule has 2 aromatic carbocycles. The lowest BCUT2D eigenvalue weighted by molar-refractivity contribution is 0.566. The maximum absolute atomic E-state index is 13.7. The van der Waals surface area contributed by atoms with E-state index < -0.39 is 17.7 Å². The second kappa shape index (κ2) is 6.14. The van der Waals surface area contributed by atoms with Crippen LogP contribution < -0.4 is 5.73 Å². The Balaban J connectivity index is 2.26. The van der Waals surface area contributed by atoms with E-state index >= 15 is 0 Å². The van der Waals surface area contributed by atoms with E-state index in [1.54, 1.807) is 0 Å². The SMILES string of the molecule is CCC(C)c1ccc(C(N)c2ccc(F)cc2F)cc1. The van der Waals surface area contributed by atoms with Crippen LogP contribution in [0.4, 0.5) is 8.78 Å². The van der Waals surface area contributed by atoms with Crippen molar-refractivity contribution in [1.29, 1.82) is 0 Å². The Bertz CT molecular complexity index is 578. The monoisotopic (exact) mass is 275 g/mol. The van der Waals surface area contributed by atoms with Gasteiger partial charge in [-0.15, -0.1) is 0 Å². The fourth-order valence-electron chi connectivity index (χ4n) is 2.20. The molecule has 20 heavy (non-hydrogen) atoms. The van der Waals surface area contributed by atoms with Gasteiger partial charge in [0.15, 0.2) is 0 Å². The van der Waals surface area contributed by atoms with E-state index in [4.69, 9.17) is 5.73 Å². The van der Waals surface area contributed by atoms with Gasteiger partial charge in [0, 0.05) is 11.6 Å². The van der Waals surface area contributed by atoms with Crippen LogP contribution in [0, 0.1) is 11.6 Å². The highest BCUT2D eigenvalue weighted by Gasteiger charge is 2.14. The lowest BCUT2D eigenvalue weighted by atomic mass is 9.94. The Morgan fingerprint density at radius 2 is 1.60 bits per heavy atom. The third-order valence-electron chi connectivity index (χ3n) is 3.77. The maximum Gasteiger partial charge on any atom is 0.131 e. The highest BCUT2D eigenvalue weighted by molar-refractivity contribution is 5.34. The Kier molecular flexibility index (Phi) is 4.50. The van der Waals surface area contributed by atoms with Crippen LogP contribution in [0.15, 0.2) is 42.5 Å². The zero-order chi connectivity index (χ0) is 14.7. The Hall–Kier alpha value is -1.74. The van der Waals surface area contributed by atoms with Crippen molar-refractivity contribution in [3.8, 4) is 0 Å². The molecule has 0 heterocycles. The highest BCUT2D eigenvalue weighted by Crippen LogP contribution is 2.25. The first-order valence-corrected chi connectivity index (χ1v) is 6.83. The molecule has 1 nitrogen and oxygen atoms in total. The fourth-order valence-corrected chi connectivity index (χ4v) is 2.20. The topological polar surface area (TPSA) is 26.0 Å². The molecule has 0 saturated heterocycles. The van der Waals surface area contributed by atoms with E-state index in [-0.39, 0.29) is 0 Å². The first-order valence-electron chi connectivity index (χ1n) is 6.83. The largest absolute Gasteiger partial charge is 0.320 e. The minimum atomic E-state index is -0.608. The Morgan fingerprint density at radius 3 is 2.15 bits per heavy atom. The van der Waals surface area contributed by atoms with Gasteiger partial charge in [-0.05, 0) is 29.5 Å². The van der Waals surface area contributed by atoms with Gasteiger partial charge in [0.2, 0.25) is 0 Å². The summed E-state index contributed by atoms with van der Waals surface area (Å²) in [5, 5.41) is 0. The molecule has 0 aliphatic carbocycles. The normalized spacial score (nSPS) is 14.1. The van der Waals surface area contributed by atoms with Crippen LogP contribution in [-0.2, 0) is 0 Å². The van der Waals surface area contributed by atoms with Crippen LogP contribution in [0.2, 0.25) is 0 Å². The summed E-state index contributed by atoms with van der Waals surface area (Å²) >= 11 is 0. The molecule has 0 radical (unpaired) electrons. The number of halogens is 2. The van der Waals surface area contributed by atoms with Gasteiger partial charge in [0.1, 0.15) is 11.6 Å². The van der Waals surface area contributed by atoms with Crippen LogP contribution in [0.5, 0.6) is 0 Å². The summed E-state index contributed by atoms with van der Waals surface area (Å²) < 4.78 is 26.6. The van der Waals surface area contributed by atoms with Gasteiger partial charge in [0.25, 0.3) is 0 Å². The molecule has 0 aliphatic rings. The fraction of sp³-hybridized carbons (Fsp3) is 0.294. The number of rotatable bonds is 4. The summed E-state index contributed by atoms with van der Waals surface area (Å²) in [4.78, 5) is 0. The Morgan fingerprint density at radius 1 is 1.00 bits per heavy atom. The molecule has 0 spiro atoms. The maximum atomic E-state index is 13.7. The van der Waals surface area contributed by atoms with Crippen LogP contribution in [0.1, 0.15) is 48.9 Å². The van der Waals surface area contributed by atoms with E-state index in [9.17, 15) is 8.78 Å². The summed E-state index contributed by atoms with van der Waals surface area (Å²) in [5.41, 5.74) is 8.43. The van der Waals surface area contributed by atoms with Crippen molar-refractivity contribution in [2.24, 2.45) is 5.73 Å². The van der Waals surface area contributed by atoms with E-state index in [2.05, 4.69) is 13.8 Å². The average Bonchev–Trinajstić information content (AvgIpc) is 2.46. The summed E-state index contributed by atoms with van der Waals surface area (Å²) in [5.74, 6) is -0.711.